The molecule has 0 unspecified atom stereocenters. The molecule has 5 saturated heterocycles. The van der Waals surface area contributed by atoms with Gasteiger partial charge in [0.25, 0.3) is 0 Å². The standard InChI is InChI=1S/C51H93N5O14/c1-18-38-50(12)44(69-47(59)70-50)32(6)40(52-63-28-36-26-55(16)27-36)30(4)24-48(10,60)43(68-46-41(57)37(53(13)14)23-31(5)64-46)33(7)42(34(8)45(58)66-38)67-39-25-49(11,62-17)51(61,35(9)65-39)29-54(15)21-22-56(19-2)20-3/h30-39,41-44,46,57,60-61H,18-29H2,1-17H3/b52-40+/t30-,31-,32+,33+,34-,35+,37+,38-,39+,41-,42+,43-,44-,46+,48+,49-,50-,51-/m1/s1. The summed E-state index contributed by atoms with van der Waals surface area (Å²) in [5, 5.41) is 42.4. The third kappa shape index (κ3) is 12.8. The van der Waals surface area contributed by atoms with Crippen LogP contribution in [-0.2, 0) is 47.5 Å². The minimum Gasteiger partial charge on any atom is -0.458 e. The van der Waals surface area contributed by atoms with Gasteiger partial charge in [-0.05, 0) is 102 Å². The number of hydrogen-bond acceptors (Lipinski definition) is 19. The molecule has 3 N–H and O–H groups in total. The quantitative estimate of drug-likeness (QED) is 0.139. The number of esters is 1. The molecule has 70 heavy (non-hydrogen) atoms. The molecular weight excluding hydrogens is 907 g/mol. The van der Waals surface area contributed by atoms with Gasteiger partial charge in [-0.15, -0.1) is 0 Å². The van der Waals surface area contributed by atoms with Gasteiger partial charge in [-0.2, -0.15) is 0 Å². The number of cyclic esters (lactones) is 1. The zero-order valence-corrected chi connectivity index (χ0v) is 45.7. The Morgan fingerprint density at radius 1 is 0.886 bits per heavy atom. The summed E-state index contributed by atoms with van der Waals surface area (Å²) in [6, 6.07) is -0.324. The molecule has 406 valence electrons. The normalized spacial score (nSPS) is 43.4. The smallest absolute Gasteiger partial charge is 0.458 e. The van der Waals surface area contributed by atoms with Crippen LogP contribution in [0.1, 0.15) is 109 Å². The van der Waals surface area contributed by atoms with E-state index in [1.807, 2.05) is 74.6 Å². The molecule has 0 aromatic heterocycles. The molecule has 0 aliphatic carbocycles. The maximum atomic E-state index is 14.9. The second-order valence-electron chi connectivity index (χ2n) is 22.5. The number of likely N-dealkylation sites (tertiary alicyclic amines) is 1. The minimum absolute atomic E-state index is 0.0463. The second kappa shape index (κ2) is 23.9. The van der Waals surface area contributed by atoms with E-state index in [-0.39, 0.29) is 43.9 Å². The summed E-state index contributed by atoms with van der Waals surface area (Å²) in [6.07, 6.45) is -8.58. The number of fused-ring (bicyclic) bond motifs is 1. The maximum absolute atomic E-state index is 14.9. The Kier molecular flexibility index (Phi) is 20.1. The highest BCUT2D eigenvalue weighted by Crippen LogP contribution is 2.45. The fraction of sp³-hybridized carbons (Fsp3) is 0.941. The molecule has 0 radical (unpaired) electrons. The molecular formula is C51H93N5O14. The van der Waals surface area contributed by atoms with Crippen LogP contribution in [0.15, 0.2) is 5.16 Å². The number of hydrogen-bond donors (Lipinski definition) is 3. The molecule has 5 aliphatic heterocycles. The molecule has 0 saturated carbocycles. The summed E-state index contributed by atoms with van der Waals surface area (Å²) < 4.78 is 51.6. The molecule has 5 aliphatic rings. The summed E-state index contributed by atoms with van der Waals surface area (Å²) >= 11 is 0. The molecule has 0 bridgehead atoms. The topological polar surface area (TPSA) is 203 Å². The molecule has 0 spiro atoms. The van der Waals surface area contributed by atoms with Crippen LogP contribution >= 0.6 is 0 Å². The van der Waals surface area contributed by atoms with E-state index in [1.165, 1.54) is 0 Å². The van der Waals surface area contributed by atoms with Crippen molar-refractivity contribution in [3.05, 3.63) is 0 Å². The predicted molar refractivity (Wildman–Crippen MR) is 263 cm³/mol. The van der Waals surface area contributed by atoms with E-state index in [9.17, 15) is 24.9 Å². The first-order chi connectivity index (χ1) is 32.7. The highest BCUT2D eigenvalue weighted by Gasteiger charge is 2.61. The highest BCUT2D eigenvalue weighted by atomic mass is 16.8. The van der Waals surface area contributed by atoms with Gasteiger partial charge < -0.3 is 77.7 Å². The Labute approximate surface area is 419 Å². The van der Waals surface area contributed by atoms with Crippen molar-refractivity contribution in [2.75, 3.05) is 87.7 Å². The van der Waals surface area contributed by atoms with E-state index >= 15 is 0 Å². The number of methoxy groups -OCH3 is 1. The molecule has 0 aromatic rings. The van der Waals surface area contributed by atoms with Gasteiger partial charge in [-0.25, -0.2) is 4.79 Å². The Morgan fingerprint density at radius 3 is 2.13 bits per heavy atom. The van der Waals surface area contributed by atoms with Crippen LogP contribution in [-0.4, -0.2) is 224 Å². The summed E-state index contributed by atoms with van der Waals surface area (Å²) in [7, 11) is 9.36. The molecule has 19 nitrogen and oxygen atoms in total. The van der Waals surface area contributed by atoms with Gasteiger partial charge >= 0.3 is 12.1 Å². The van der Waals surface area contributed by atoms with E-state index < -0.39 is 107 Å². The van der Waals surface area contributed by atoms with Gasteiger partial charge in [0.05, 0.1) is 41.6 Å². The van der Waals surface area contributed by atoms with Gasteiger partial charge in [0.15, 0.2) is 24.3 Å². The van der Waals surface area contributed by atoms with Gasteiger partial charge in [0, 0.05) is 76.0 Å². The molecule has 0 amide bonds. The zero-order valence-electron chi connectivity index (χ0n) is 45.7. The Hall–Kier alpha value is -2.27. The lowest BCUT2D eigenvalue weighted by molar-refractivity contribution is -0.339. The van der Waals surface area contributed by atoms with E-state index in [1.54, 1.807) is 34.8 Å². The summed E-state index contributed by atoms with van der Waals surface area (Å²) in [5.74, 6) is -3.41. The summed E-state index contributed by atoms with van der Waals surface area (Å²) in [4.78, 5) is 42.7. The van der Waals surface area contributed by atoms with E-state index in [0.717, 1.165) is 32.7 Å². The van der Waals surface area contributed by atoms with Crippen molar-refractivity contribution >= 4 is 17.8 Å². The fourth-order valence-corrected chi connectivity index (χ4v) is 12.1. The molecule has 5 heterocycles. The molecule has 5 fully saturated rings. The lowest BCUT2D eigenvalue weighted by atomic mass is 9.73. The number of likely N-dealkylation sites (N-methyl/N-ethyl adjacent to an activating group) is 3. The van der Waals surface area contributed by atoms with Gasteiger partial charge in [-0.3, -0.25) is 4.79 Å². The van der Waals surface area contributed by atoms with E-state index in [4.69, 9.17) is 47.9 Å². The summed E-state index contributed by atoms with van der Waals surface area (Å²) in [6.45, 7) is 28.1. The number of oxime groups is 1. The fourth-order valence-electron chi connectivity index (χ4n) is 12.1. The third-order valence-electron chi connectivity index (χ3n) is 16.6. The van der Waals surface area contributed by atoms with Crippen molar-refractivity contribution < 1.29 is 67.6 Å². The van der Waals surface area contributed by atoms with Crippen LogP contribution in [0.2, 0.25) is 0 Å². The predicted octanol–water partition coefficient (Wildman–Crippen LogP) is 3.98. The number of nitrogens with zero attached hydrogens (tertiary/aromatic N) is 5. The number of aliphatic hydroxyl groups excluding tert-OH is 1. The monoisotopic (exact) mass is 1000 g/mol. The first-order valence-corrected chi connectivity index (χ1v) is 26.0. The first-order valence-electron chi connectivity index (χ1n) is 26.0. The van der Waals surface area contributed by atoms with Crippen molar-refractivity contribution in [2.45, 2.75) is 193 Å². The van der Waals surface area contributed by atoms with Crippen molar-refractivity contribution in [3.63, 3.8) is 0 Å². The van der Waals surface area contributed by atoms with Gasteiger partial charge in [-0.1, -0.05) is 46.7 Å². The largest absolute Gasteiger partial charge is 0.509 e. The molecule has 5 rings (SSSR count). The Balaban J connectivity index is 1.59. The van der Waals surface area contributed by atoms with Crippen LogP contribution in [0.4, 0.5) is 4.79 Å². The average molecular weight is 1000 g/mol. The number of rotatable bonds is 17. The van der Waals surface area contributed by atoms with E-state index in [0.29, 0.717) is 25.3 Å². The Bertz CT molecular complexity index is 1740. The van der Waals surface area contributed by atoms with Gasteiger partial charge in [0.1, 0.15) is 30.0 Å². The molecule has 19 heteroatoms. The van der Waals surface area contributed by atoms with Crippen LogP contribution < -0.4 is 0 Å². The van der Waals surface area contributed by atoms with Crippen LogP contribution in [0.3, 0.4) is 0 Å². The first kappa shape index (κ1) is 58.6. The van der Waals surface area contributed by atoms with Crippen molar-refractivity contribution in [2.24, 2.45) is 34.7 Å². The third-order valence-corrected chi connectivity index (χ3v) is 16.6. The molecule has 0 aromatic carbocycles. The average Bonchev–Trinajstić information content (AvgIpc) is 3.60. The lowest BCUT2D eigenvalue weighted by Gasteiger charge is -2.54. The molecule has 18 atom stereocenters. The lowest BCUT2D eigenvalue weighted by Crippen LogP contribution is -2.70. The zero-order chi connectivity index (χ0) is 52.3. The number of ether oxygens (including phenoxy) is 8. The van der Waals surface area contributed by atoms with Crippen molar-refractivity contribution in [1.29, 1.82) is 0 Å². The van der Waals surface area contributed by atoms with Crippen LogP contribution in [0, 0.1) is 29.6 Å². The Morgan fingerprint density at radius 2 is 1.54 bits per heavy atom. The van der Waals surface area contributed by atoms with Gasteiger partial charge in [0.2, 0.25) is 0 Å². The number of carbonyl (C=O) groups is 2. The van der Waals surface area contributed by atoms with Crippen molar-refractivity contribution in [3.8, 4) is 0 Å². The number of aliphatic hydroxyl groups is 3. The minimum atomic E-state index is -1.74. The SMILES string of the molecule is CC[C@H]1OC(=O)[C@H](C)[C@@H](O[C@H]2C[C@@](C)(OC)[C@@](O)(CN(C)CCN(CC)CC)[C@H](C)O2)[C@H](C)[C@@H](O[C@@H]2O[C@H](C)C[C@H](N(C)C)[C@H]2O)[C@@](C)(O)C[C@@H](C)/C(=N\OCC2CN(C)C2)[C@H](C)[C@H]2OC(=O)O[C@@]21C. The van der Waals surface area contributed by atoms with Crippen LogP contribution in [0.5, 0.6) is 0 Å². The maximum Gasteiger partial charge on any atom is 0.509 e. The second-order valence-corrected chi connectivity index (χ2v) is 22.5. The highest BCUT2D eigenvalue weighted by molar-refractivity contribution is 5.89. The number of carbonyl (C=O) groups excluding carboxylic acids is 2. The van der Waals surface area contributed by atoms with Crippen molar-refractivity contribution in [1.82, 2.24) is 19.6 Å². The van der Waals surface area contributed by atoms with E-state index in [2.05, 4.69) is 28.5 Å². The summed E-state index contributed by atoms with van der Waals surface area (Å²) in [5.41, 5.74) is -5.34. The van der Waals surface area contributed by atoms with Crippen LogP contribution in [0.25, 0.3) is 0 Å².